The number of rotatable bonds is 1. The standard InChI is InChI=1S/C7H4BF2NO2/c9-5-2-1-4(3-11)7(10)6(5)8(12)13/h1-2,12-13H. The van der Waals surface area contributed by atoms with Crippen LogP contribution in [0.3, 0.4) is 0 Å². The molecule has 66 valence electrons. The molecule has 13 heavy (non-hydrogen) atoms. The van der Waals surface area contributed by atoms with E-state index in [-0.39, 0.29) is 0 Å². The summed E-state index contributed by atoms with van der Waals surface area (Å²) in [5.41, 5.74) is -1.33. The molecule has 0 spiro atoms. The number of nitriles is 1. The molecule has 0 aliphatic carbocycles. The maximum atomic E-state index is 13.0. The summed E-state index contributed by atoms with van der Waals surface area (Å²) in [6, 6.07) is 3.18. The highest BCUT2D eigenvalue weighted by Gasteiger charge is 2.23. The minimum Gasteiger partial charge on any atom is -0.423 e. The number of nitrogens with zero attached hydrogens (tertiary/aromatic N) is 1. The van der Waals surface area contributed by atoms with Crippen LogP contribution in [0.4, 0.5) is 8.78 Å². The molecule has 0 aromatic heterocycles. The summed E-state index contributed by atoms with van der Waals surface area (Å²) < 4.78 is 25.8. The highest BCUT2D eigenvalue weighted by molar-refractivity contribution is 6.58. The van der Waals surface area contributed by atoms with Gasteiger partial charge < -0.3 is 10.0 Å². The van der Waals surface area contributed by atoms with E-state index < -0.39 is 29.8 Å². The van der Waals surface area contributed by atoms with Crippen LogP contribution in [-0.2, 0) is 0 Å². The van der Waals surface area contributed by atoms with Crippen molar-refractivity contribution in [3.63, 3.8) is 0 Å². The second kappa shape index (κ2) is 3.52. The Hall–Kier alpha value is -1.45. The fourth-order valence-electron chi connectivity index (χ4n) is 0.892. The Morgan fingerprint density at radius 2 is 1.92 bits per heavy atom. The average molecular weight is 183 g/mol. The highest BCUT2D eigenvalue weighted by atomic mass is 19.1. The molecule has 2 N–H and O–H groups in total. The largest absolute Gasteiger partial charge is 0.494 e. The van der Waals surface area contributed by atoms with Crippen molar-refractivity contribution < 1.29 is 18.8 Å². The maximum absolute atomic E-state index is 13.0. The van der Waals surface area contributed by atoms with E-state index in [2.05, 4.69) is 0 Å². The Labute approximate surface area is 73.0 Å². The fraction of sp³-hybridized carbons (Fsp3) is 0. The van der Waals surface area contributed by atoms with Gasteiger partial charge in [-0.1, -0.05) is 0 Å². The lowest BCUT2D eigenvalue weighted by atomic mass is 9.78. The molecule has 0 bridgehead atoms. The van der Waals surface area contributed by atoms with E-state index in [9.17, 15) is 8.78 Å². The van der Waals surface area contributed by atoms with Crippen LogP contribution in [0.2, 0.25) is 0 Å². The van der Waals surface area contributed by atoms with Crippen LogP contribution in [0.25, 0.3) is 0 Å². The molecule has 0 fully saturated rings. The molecule has 1 rings (SSSR count). The SMILES string of the molecule is N#Cc1ccc(F)c(B(O)O)c1F. The molecule has 1 aromatic carbocycles. The first-order chi connectivity index (χ1) is 6.07. The smallest absolute Gasteiger partial charge is 0.423 e. The lowest BCUT2D eigenvalue weighted by Gasteiger charge is -2.03. The second-order valence-electron chi connectivity index (χ2n) is 2.31. The van der Waals surface area contributed by atoms with E-state index >= 15 is 0 Å². The Morgan fingerprint density at radius 3 is 2.38 bits per heavy atom. The topological polar surface area (TPSA) is 64.2 Å². The average Bonchev–Trinajstić information content (AvgIpc) is 2.04. The Morgan fingerprint density at radius 1 is 1.31 bits per heavy atom. The van der Waals surface area contributed by atoms with E-state index in [1.165, 1.54) is 6.07 Å². The number of hydrogen-bond donors (Lipinski definition) is 2. The zero-order valence-corrected chi connectivity index (χ0v) is 6.33. The Kier molecular flexibility index (Phi) is 2.61. The van der Waals surface area contributed by atoms with Crippen molar-refractivity contribution in [3.8, 4) is 6.07 Å². The summed E-state index contributed by atoms with van der Waals surface area (Å²) in [6.07, 6.45) is 0. The molecule has 0 heterocycles. The normalized spacial score (nSPS) is 9.46. The van der Waals surface area contributed by atoms with Gasteiger partial charge in [0.25, 0.3) is 0 Å². The monoisotopic (exact) mass is 183 g/mol. The third-order valence-electron chi connectivity index (χ3n) is 1.51. The summed E-state index contributed by atoms with van der Waals surface area (Å²) in [5.74, 6) is -2.33. The van der Waals surface area contributed by atoms with Gasteiger partial charge in [0.2, 0.25) is 0 Å². The molecule has 0 aliphatic heterocycles. The summed E-state index contributed by atoms with van der Waals surface area (Å²) in [5, 5.41) is 25.5. The van der Waals surface area contributed by atoms with Gasteiger partial charge in [-0.25, -0.2) is 8.78 Å². The van der Waals surface area contributed by atoms with Crippen molar-refractivity contribution in [1.82, 2.24) is 0 Å². The van der Waals surface area contributed by atoms with Gasteiger partial charge in [-0.2, -0.15) is 5.26 Å². The van der Waals surface area contributed by atoms with Gasteiger partial charge in [0.05, 0.1) is 11.0 Å². The third kappa shape index (κ3) is 1.66. The van der Waals surface area contributed by atoms with E-state index in [4.69, 9.17) is 15.3 Å². The zero-order chi connectivity index (χ0) is 10.0. The molecule has 6 heteroatoms. The molecular weight excluding hydrogens is 179 g/mol. The number of benzene rings is 1. The third-order valence-corrected chi connectivity index (χ3v) is 1.51. The van der Waals surface area contributed by atoms with E-state index in [0.717, 1.165) is 12.1 Å². The molecule has 0 unspecified atom stereocenters. The Bertz CT molecular complexity index is 375. The Balaban J connectivity index is 3.41. The first-order valence-electron chi connectivity index (χ1n) is 3.32. The van der Waals surface area contributed by atoms with Crippen molar-refractivity contribution in [3.05, 3.63) is 29.3 Å². The lowest BCUT2D eigenvalue weighted by Crippen LogP contribution is -2.36. The van der Waals surface area contributed by atoms with Crippen LogP contribution in [0.1, 0.15) is 5.56 Å². The highest BCUT2D eigenvalue weighted by Crippen LogP contribution is 2.06. The molecule has 0 atom stereocenters. The molecule has 0 aliphatic rings. The van der Waals surface area contributed by atoms with Crippen molar-refractivity contribution in [2.24, 2.45) is 0 Å². The van der Waals surface area contributed by atoms with Crippen LogP contribution in [0.5, 0.6) is 0 Å². The first-order valence-corrected chi connectivity index (χ1v) is 3.32. The van der Waals surface area contributed by atoms with Crippen molar-refractivity contribution in [1.29, 1.82) is 5.26 Å². The van der Waals surface area contributed by atoms with Crippen LogP contribution in [0.15, 0.2) is 12.1 Å². The van der Waals surface area contributed by atoms with Crippen LogP contribution in [-0.4, -0.2) is 17.2 Å². The predicted molar refractivity (Wildman–Crippen MR) is 40.9 cm³/mol. The van der Waals surface area contributed by atoms with Crippen molar-refractivity contribution in [2.45, 2.75) is 0 Å². The van der Waals surface area contributed by atoms with Gasteiger partial charge in [0.1, 0.15) is 17.7 Å². The molecule has 0 saturated carbocycles. The quantitative estimate of drug-likeness (QED) is 0.577. The van der Waals surface area contributed by atoms with Gasteiger partial charge in [-0.05, 0) is 12.1 Å². The summed E-state index contributed by atoms with van der Waals surface area (Å²) in [7, 11) is -2.26. The lowest BCUT2D eigenvalue weighted by molar-refractivity contribution is 0.419. The van der Waals surface area contributed by atoms with Crippen LogP contribution >= 0.6 is 0 Å². The van der Waals surface area contributed by atoms with Crippen molar-refractivity contribution >= 4 is 12.6 Å². The molecular formula is C7H4BF2NO2. The molecule has 0 radical (unpaired) electrons. The van der Waals surface area contributed by atoms with E-state index in [1.54, 1.807) is 0 Å². The minimum atomic E-state index is -2.26. The zero-order valence-electron chi connectivity index (χ0n) is 6.33. The van der Waals surface area contributed by atoms with Gasteiger partial charge in [0.15, 0.2) is 0 Å². The first kappa shape index (κ1) is 9.64. The number of halogens is 2. The van der Waals surface area contributed by atoms with Gasteiger partial charge in [0, 0.05) is 0 Å². The van der Waals surface area contributed by atoms with Crippen LogP contribution in [0, 0.1) is 23.0 Å². The van der Waals surface area contributed by atoms with Crippen molar-refractivity contribution in [2.75, 3.05) is 0 Å². The number of hydrogen-bond acceptors (Lipinski definition) is 3. The molecule has 1 aromatic rings. The fourth-order valence-corrected chi connectivity index (χ4v) is 0.892. The second-order valence-corrected chi connectivity index (χ2v) is 2.31. The summed E-state index contributed by atoms with van der Waals surface area (Å²) in [6.45, 7) is 0. The summed E-state index contributed by atoms with van der Waals surface area (Å²) >= 11 is 0. The minimum absolute atomic E-state index is 0.426. The van der Waals surface area contributed by atoms with Gasteiger partial charge >= 0.3 is 7.12 Å². The van der Waals surface area contributed by atoms with E-state index in [1.807, 2.05) is 0 Å². The summed E-state index contributed by atoms with van der Waals surface area (Å²) in [4.78, 5) is 0. The van der Waals surface area contributed by atoms with Gasteiger partial charge in [-0.3, -0.25) is 0 Å². The molecule has 0 amide bonds. The molecule has 3 nitrogen and oxygen atoms in total. The molecule has 0 saturated heterocycles. The van der Waals surface area contributed by atoms with Crippen LogP contribution < -0.4 is 5.46 Å². The predicted octanol–water partition coefficient (Wildman–Crippen LogP) is -0.484. The van der Waals surface area contributed by atoms with Gasteiger partial charge in [-0.15, -0.1) is 0 Å². The maximum Gasteiger partial charge on any atom is 0.494 e. The van der Waals surface area contributed by atoms with E-state index in [0.29, 0.717) is 0 Å².